The Bertz CT molecular complexity index is 350. The van der Waals surface area contributed by atoms with Crippen molar-refractivity contribution in [1.82, 2.24) is 10.3 Å². The second kappa shape index (κ2) is 3.57. The Morgan fingerprint density at radius 3 is 2.85 bits per heavy atom. The van der Waals surface area contributed by atoms with Crippen molar-refractivity contribution < 1.29 is 4.79 Å². The summed E-state index contributed by atoms with van der Waals surface area (Å²) in [7, 11) is 0. The number of aliphatic imine (C=N–C) groups is 1. The molecule has 1 N–H and O–H groups in total. The lowest BCUT2D eigenvalue weighted by molar-refractivity contribution is -0.116. The summed E-state index contributed by atoms with van der Waals surface area (Å²) in [6.07, 6.45) is 3.33. The molecule has 0 aromatic carbocycles. The molecule has 0 saturated carbocycles. The number of pyridine rings is 1. The maximum Gasteiger partial charge on any atom is 0.236 e. The molecule has 0 bridgehead atoms. The van der Waals surface area contributed by atoms with E-state index < -0.39 is 0 Å². The van der Waals surface area contributed by atoms with Gasteiger partial charge in [0, 0.05) is 12.4 Å². The monoisotopic (exact) mass is 193 g/mol. The van der Waals surface area contributed by atoms with Gasteiger partial charge >= 0.3 is 0 Å². The fraction of sp³-hybridized carbons (Fsp3) is 0.125. The first-order valence-corrected chi connectivity index (χ1v) is 4.74. The van der Waals surface area contributed by atoms with Crippen molar-refractivity contribution in [3.05, 3.63) is 24.5 Å². The van der Waals surface area contributed by atoms with Crippen molar-refractivity contribution in [1.29, 1.82) is 0 Å². The summed E-state index contributed by atoms with van der Waals surface area (Å²) in [5.41, 5.74) is 0.805. The SMILES string of the molecule is O=C1CSC(=Nc2ccncc2)N1. The zero-order valence-electron chi connectivity index (χ0n) is 6.73. The van der Waals surface area contributed by atoms with Crippen molar-refractivity contribution in [2.24, 2.45) is 4.99 Å². The average Bonchev–Trinajstić information content (AvgIpc) is 2.53. The number of nitrogens with zero attached hydrogens (tertiary/aromatic N) is 2. The number of hydrogen-bond donors (Lipinski definition) is 1. The molecule has 0 unspecified atom stereocenters. The van der Waals surface area contributed by atoms with Gasteiger partial charge in [-0.3, -0.25) is 9.78 Å². The van der Waals surface area contributed by atoms with E-state index in [0.717, 1.165) is 5.69 Å². The molecule has 0 atom stereocenters. The van der Waals surface area contributed by atoms with E-state index in [1.54, 1.807) is 24.5 Å². The first kappa shape index (κ1) is 8.25. The summed E-state index contributed by atoms with van der Waals surface area (Å²) in [6, 6.07) is 3.58. The molecule has 1 aromatic heterocycles. The van der Waals surface area contributed by atoms with E-state index in [2.05, 4.69) is 15.3 Å². The Balaban J connectivity index is 2.17. The molecule has 1 aromatic rings. The lowest BCUT2D eigenvalue weighted by Crippen LogP contribution is -2.19. The Kier molecular flexibility index (Phi) is 2.27. The Hall–Kier alpha value is -1.36. The minimum Gasteiger partial charge on any atom is -0.304 e. The van der Waals surface area contributed by atoms with Gasteiger partial charge in [0.1, 0.15) is 0 Å². The summed E-state index contributed by atoms with van der Waals surface area (Å²) >= 11 is 1.41. The largest absolute Gasteiger partial charge is 0.304 e. The summed E-state index contributed by atoms with van der Waals surface area (Å²) in [5, 5.41) is 3.32. The number of carbonyl (C=O) groups is 1. The number of amides is 1. The number of aromatic nitrogens is 1. The van der Waals surface area contributed by atoms with Gasteiger partial charge in [-0.05, 0) is 12.1 Å². The second-order valence-electron chi connectivity index (χ2n) is 2.46. The van der Waals surface area contributed by atoms with Crippen LogP contribution in [0.15, 0.2) is 29.5 Å². The minimum atomic E-state index is 0.0119. The normalized spacial score (nSPS) is 19.1. The van der Waals surface area contributed by atoms with Gasteiger partial charge in [0.25, 0.3) is 0 Å². The van der Waals surface area contributed by atoms with Gasteiger partial charge in [0.05, 0.1) is 11.4 Å². The molecule has 13 heavy (non-hydrogen) atoms. The lowest BCUT2D eigenvalue weighted by atomic mass is 10.4. The van der Waals surface area contributed by atoms with Crippen molar-refractivity contribution in [3.63, 3.8) is 0 Å². The Morgan fingerprint density at radius 1 is 1.46 bits per heavy atom. The average molecular weight is 193 g/mol. The fourth-order valence-electron chi connectivity index (χ4n) is 0.921. The van der Waals surface area contributed by atoms with Crippen molar-refractivity contribution >= 4 is 28.5 Å². The van der Waals surface area contributed by atoms with Gasteiger partial charge in [-0.2, -0.15) is 0 Å². The third-order valence-corrected chi connectivity index (χ3v) is 2.35. The summed E-state index contributed by atoms with van der Waals surface area (Å²) in [5.74, 6) is 0.474. The highest BCUT2D eigenvalue weighted by molar-refractivity contribution is 8.15. The highest BCUT2D eigenvalue weighted by Crippen LogP contribution is 2.15. The molecule has 4 nitrogen and oxygen atoms in total. The Morgan fingerprint density at radius 2 is 2.23 bits per heavy atom. The molecular weight excluding hydrogens is 186 g/mol. The highest BCUT2D eigenvalue weighted by atomic mass is 32.2. The second-order valence-corrected chi connectivity index (χ2v) is 3.42. The Labute approximate surface area is 79.5 Å². The van der Waals surface area contributed by atoms with Crippen LogP contribution in [0.2, 0.25) is 0 Å². The third kappa shape index (κ3) is 2.06. The van der Waals surface area contributed by atoms with Crippen LogP contribution in [-0.4, -0.2) is 21.8 Å². The van der Waals surface area contributed by atoms with E-state index in [4.69, 9.17) is 0 Å². The van der Waals surface area contributed by atoms with Crippen LogP contribution in [0.3, 0.4) is 0 Å². The van der Waals surface area contributed by atoms with E-state index in [1.807, 2.05) is 0 Å². The highest BCUT2D eigenvalue weighted by Gasteiger charge is 2.15. The number of nitrogens with one attached hydrogen (secondary N) is 1. The zero-order chi connectivity index (χ0) is 9.10. The number of thioether (sulfide) groups is 1. The van der Waals surface area contributed by atoms with Crippen molar-refractivity contribution in [3.8, 4) is 0 Å². The quantitative estimate of drug-likeness (QED) is 0.722. The van der Waals surface area contributed by atoms with Crippen molar-refractivity contribution in [2.45, 2.75) is 0 Å². The van der Waals surface area contributed by atoms with Crippen LogP contribution in [0.5, 0.6) is 0 Å². The van der Waals surface area contributed by atoms with Gasteiger partial charge in [-0.15, -0.1) is 0 Å². The number of rotatable bonds is 1. The first-order chi connectivity index (χ1) is 6.34. The van der Waals surface area contributed by atoms with Crippen molar-refractivity contribution in [2.75, 3.05) is 5.75 Å². The molecule has 1 fully saturated rings. The van der Waals surface area contributed by atoms with Gasteiger partial charge in [0.15, 0.2) is 5.17 Å². The molecule has 2 rings (SSSR count). The van der Waals surface area contributed by atoms with Gasteiger partial charge in [0.2, 0.25) is 5.91 Å². The summed E-state index contributed by atoms with van der Waals surface area (Å²) < 4.78 is 0. The number of hydrogen-bond acceptors (Lipinski definition) is 4. The molecule has 0 aliphatic carbocycles. The molecule has 1 saturated heterocycles. The molecule has 2 heterocycles. The predicted octanol–water partition coefficient (Wildman–Crippen LogP) is 0.932. The standard InChI is InChI=1S/C8H7N3OS/c12-7-5-13-8(11-7)10-6-1-3-9-4-2-6/h1-4H,5H2,(H,9,10,11,12). The first-order valence-electron chi connectivity index (χ1n) is 3.76. The van der Waals surface area contributed by atoms with E-state index in [0.29, 0.717) is 10.9 Å². The predicted molar refractivity (Wildman–Crippen MR) is 51.9 cm³/mol. The summed E-state index contributed by atoms with van der Waals surface area (Å²) in [4.78, 5) is 18.9. The van der Waals surface area contributed by atoms with E-state index >= 15 is 0 Å². The topological polar surface area (TPSA) is 54.4 Å². The third-order valence-electron chi connectivity index (χ3n) is 1.48. The molecular formula is C8H7N3OS. The molecule has 0 radical (unpaired) electrons. The van der Waals surface area contributed by atoms with Crippen LogP contribution in [0.4, 0.5) is 5.69 Å². The molecule has 66 valence electrons. The maximum absolute atomic E-state index is 10.8. The van der Waals surface area contributed by atoms with Crippen LogP contribution in [0.1, 0.15) is 0 Å². The molecule has 5 heteroatoms. The van der Waals surface area contributed by atoms with Crippen LogP contribution >= 0.6 is 11.8 Å². The van der Waals surface area contributed by atoms with Crippen LogP contribution in [-0.2, 0) is 4.79 Å². The van der Waals surface area contributed by atoms with Crippen LogP contribution < -0.4 is 5.32 Å². The van der Waals surface area contributed by atoms with Gasteiger partial charge < -0.3 is 5.32 Å². The van der Waals surface area contributed by atoms with Crippen LogP contribution in [0.25, 0.3) is 0 Å². The lowest BCUT2D eigenvalue weighted by Gasteiger charge is -1.94. The van der Waals surface area contributed by atoms with Gasteiger partial charge in [-0.25, -0.2) is 4.99 Å². The number of carbonyl (C=O) groups excluding carboxylic acids is 1. The van der Waals surface area contributed by atoms with E-state index in [-0.39, 0.29) is 5.91 Å². The molecule has 1 aliphatic heterocycles. The molecule has 1 aliphatic rings. The van der Waals surface area contributed by atoms with Crippen LogP contribution in [0, 0.1) is 0 Å². The van der Waals surface area contributed by atoms with E-state index in [1.165, 1.54) is 11.8 Å². The fourth-order valence-corrected chi connectivity index (χ4v) is 1.62. The summed E-state index contributed by atoms with van der Waals surface area (Å²) in [6.45, 7) is 0. The van der Waals surface area contributed by atoms with Gasteiger partial charge in [-0.1, -0.05) is 11.8 Å². The zero-order valence-corrected chi connectivity index (χ0v) is 7.54. The maximum atomic E-state index is 10.8. The minimum absolute atomic E-state index is 0.0119. The number of amidine groups is 1. The molecule has 0 spiro atoms. The van der Waals surface area contributed by atoms with E-state index in [9.17, 15) is 4.79 Å². The smallest absolute Gasteiger partial charge is 0.236 e. The molecule has 1 amide bonds.